The molecular weight excluding hydrogens is 260 g/mol. The molecule has 0 saturated carbocycles. The van der Waals surface area contributed by atoms with Crippen LogP contribution in [0.4, 0.5) is 17.1 Å². The van der Waals surface area contributed by atoms with Crippen molar-refractivity contribution in [2.24, 2.45) is 5.92 Å². The molecular formula is C18H22N2O. The summed E-state index contributed by atoms with van der Waals surface area (Å²) in [6.45, 7) is 7.92. The number of benzene rings is 2. The number of nitrogens with one attached hydrogen (secondary N) is 2. The van der Waals surface area contributed by atoms with Gasteiger partial charge in [-0.15, -0.1) is 0 Å². The third kappa shape index (κ3) is 4.09. The number of carbonyl (C=O) groups excluding carboxylic acids is 1. The Kier molecular flexibility index (Phi) is 4.63. The van der Waals surface area contributed by atoms with Crippen LogP contribution >= 0.6 is 0 Å². The fourth-order valence-electron chi connectivity index (χ4n) is 1.95. The highest BCUT2D eigenvalue weighted by Crippen LogP contribution is 2.23. The van der Waals surface area contributed by atoms with Crippen LogP contribution in [-0.2, 0) is 4.79 Å². The zero-order valence-electron chi connectivity index (χ0n) is 13.0. The van der Waals surface area contributed by atoms with Gasteiger partial charge in [0, 0.05) is 23.0 Å². The van der Waals surface area contributed by atoms with Gasteiger partial charge >= 0.3 is 0 Å². The van der Waals surface area contributed by atoms with Crippen LogP contribution in [0.25, 0.3) is 0 Å². The summed E-state index contributed by atoms with van der Waals surface area (Å²) in [5, 5.41) is 6.29. The lowest BCUT2D eigenvalue weighted by atomic mass is 10.1. The predicted octanol–water partition coefficient (Wildman–Crippen LogP) is 4.64. The van der Waals surface area contributed by atoms with Crippen molar-refractivity contribution in [2.45, 2.75) is 27.7 Å². The minimum atomic E-state index is -0.0160. The van der Waals surface area contributed by atoms with Gasteiger partial charge in [-0.2, -0.15) is 0 Å². The van der Waals surface area contributed by atoms with Crippen molar-refractivity contribution < 1.29 is 4.79 Å². The molecule has 0 aliphatic carbocycles. The maximum atomic E-state index is 11.6. The van der Waals surface area contributed by atoms with E-state index in [0.29, 0.717) is 0 Å². The highest BCUT2D eigenvalue weighted by molar-refractivity contribution is 5.92. The summed E-state index contributed by atoms with van der Waals surface area (Å²) in [6.07, 6.45) is 0. The summed E-state index contributed by atoms with van der Waals surface area (Å²) in [4.78, 5) is 11.6. The first kappa shape index (κ1) is 15.1. The molecule has 0 unspecified atom stereocenters. The summed E-state index contributed by atoms with van der Waals surface area (Å²) >= 11 is 0. The number of carbonyl (C=O) groups is 1. The number of hydrogen-bond donors (Lipinski definition) is 2. The molecule has 0 atom stereocenters. The highest BCUT2D eigenvalue weighted by atomic mass is 16.1. The number of rotatable bonds is 4. The van der Waals surface area contributed by atoms with Crippen molar-refractivity contribution in [3.63, 3.8) is 0 Å². The summed E-state index contributed by atoms with van der Waals surface area (Å²) in [5.74, 6) is 0.0167. The Hall–Kier alpha value is -2.29. The Morgan fingerprint density at radius 2 is 1.57 bits per heavy atom. The molecule has 0 aromatic heterocycles. The second-order valence-corrected chi connectivity index (χ2v) is 5.66. The van der Waals surface area contributed by atoms with E-state index in [1.54, 1.807) is 0 Å². The van der Waals surface area contributed by atoms with Crippen LogP contribution in [0.2, 0.25) is 0 Å². The molecule has 3 nitrogen and oxygen atoms in total. The third-order valence-corrected chi connectivity index (χ3v) is 3.35. The molecule has 0 spiro atoms. The average Bonchev–Trinajstić information content (AvgIpc) is 2.45. The minimum Gasteiger partial charge on any atom is -0.355 e. The monoisotopic (exact) mass is 282 g/mol. The van der Waals surface area contributed by atoms with Crippen LogP contribution in [0.15, 0.2) is 42.5 Å². The first-order chi connectivity index (χ1) is 9.95. The Balaban J connectivity index is 2.09. The van der Waals surface area contributed by atoms with Gasteiger partial charge < -0.3 is 10.6 Å². The zero-order chi connectivity index (χ0) is 15.4. The van der Waals surface area contributed by atoms with Crippen molar-refractivity contribution in [3.05, 3.63) is 53.6 Å². The molecule has 0 fully saturated rings. The summed E-state index contributed by atoms with van der Waals surface area (Å²) in [6, 6.07) is 14.1. The maximum Gasteiger partial charge on any atom is 0.226 e. The predicted molar refractivity (Wildman–Crippen MR) is 89.1 cm³/mol. The van der Waals surface area contributed by atoms with E-state index in [1.807, 2.05) is 38.1 Å². The molecule has 0 heterocycles. The first-order valence-electron chi connectivity index (χ1n) is 7.21. The molecule has 3 heteroatoms. The molecule has 0 radical (unpaired) electrons. The van der Waals surface area contributed by atoms with E-state index < -0.39 is 0 Å². The number of anilines is 3. The molecule has 1 amide bonds. The largest absolute Gasteiger partial charge is 0.355 e. The molecule has 2 rings (SSSR count). The van der Waals surface area contributed by atoms with E-state index >= 15 is 0 Å². The van der Waals surface area contributed by atoms with Crippen molar-refractivity contribution >= 4 is 23.0 Å². The van der Waals surface area contributed by atoms with E-state index in [0.717, 1.165) is 17.1 Å². The fraction of sp³-hybridized carbons (Fsp3) is 0.278. The van der Waals surface area contributed by atoms with E-state index in [4.69, 9.17) is 0 Å². The van der Waals surface area contributed by atoms with Gasteiger partial charge in [0.1, 0.15) is 0 Å². The lowest BCUT2D eigenvalue weighted by molar-refractivity contribution is -0.118. The van der Waals surface area contributed by atoms with Gasteiger partial charge in [-0.05, 0) is 55.3 Å². The van der Waals surface area contributed by atoms with Crippen molar-refractivity contribution in [1.82, 2.24) is 0 Å². The normalized spacial score (nSPS) is 10.5. The number of amides is 1. The smallest absolute Gasteiger partial charge is 0.226 e. The molecule has 2 aromatic rings. The van der Waals surface area contributed by atoms with Crippen LogP contribution in [0.3, 0.4) is 0 Å². The first-order valence-corrected chi connectivity index (χ1v) is 7.21. The van der Waals surface area contributed by atoms with E-state index in [1.165, 1.54) is 11.1 Å². The third-order valence-electron chi connectivity index (χ3n) is 3.35. The molecule has 0 bridgehead atoms. The van der Waals surface area contributed by atoms with Gasteiger partial charge in [0.25, 0.3) is 0 Å². The highest BCUT2D eigenvalue weighted by Gasteiger charge is 2.06. The van der Waals surface area contributed by atoms with Crippen LogP contribution in [0.1, 0.15) is 25.0 Å². The topological polar surface area (TPSA) is 41.1 Å². The van der Waals surface area contributed by atoms with Crippen molar-refractivity contribution in [1.29, 1.82) is 0 Å². The summed E-state index contributed by atoms with van der Waals surface area (Å²) in [7, 11) is 0. The molecule has 0 saturated heterocycles. The Morgan fingerprint density at radius 1 is 0.952 bits per heavy atom. The standard InChI is InChI=1S/C18H22N2O/c1-12(2)18(21)20-16-9-7-15(8-10-16)19-17-11-13(3)5-6-14(17)4/h5-12,19H,1-4H3,(H,20,21). The quantitative estimate of drug-likeness (QED) is 0.857. The zero-order valence-corrected chi connectivity index (χ0v) is 13.0. The van der Waals surface area contributed by atoms with Gasteiger partial charge in [0.15, 0.2) is 0 Å². The Labute approximate surface area is 126 Å². The molecule has 21 heavy (non-hydrogen) atoms. The fourth-order valence-corrected chi connectivity index (χ4v) is 1.95. The second kappa shape index (κ2) is 6.44. The number of aryl methyl sites for hydroxylation is 2. The van der Waals surface area contributed by atoms with Crippen LogP contribution in [0, 0.1) is 19.8 Å². The van der Waals surface area contributed by atoms with Crippen molar-refractivity contribution in [2.75, 3.05) is 10.6 Å². The van der Waals surface area contributed by atoms with Gasteiger partial charge in [0.05, 0.1) is 0 Å². The van der Waals surface area contributed by atoms with Crippen LogP contribution < -0.4 is 10.6 Å². The minimum absolute atomic E-state index is 0.0160. The molecule has 0 aliphatic heterocycles. The molecule has 0 aliphatic rings. The van der Waals surface area contributed by atoms with Gasteiger partial charge in [-0.3, -0.25) is 4.79 Å². The number of hydrogen-bond acceptors (Lipinski definition) is 2. The molecule has 2 aromatic carbocycles. The SMILES string of the molecule is Cc1ccc(C)c(Nc2ccc(NC(=O)C(C)C)cc2)c1. The molecule has 110 valence electrons. The van der Waals surface area contributed by atoms with Gasteiger partial charge in [-0.25, -0.2) is 0 Å². The average molecular weight is 282 g/mol. The lowest BCUT2D eigenvalue weighted by Gasteiger charge is -2.12. The second-order valence-electron chi connectivity index (χ2n) is 5.66. The van der Waals surface area contributed by atoms with Gasteiger partial charge in [-0.1, -0.05) is 26.0 Å². The molecule has 2 N–H and O–H groups in total. The Morgan fingerprint density at radius 3 is 2.19 bits per heavy atom. The lowest BCUT2D eigenvalue weighted by Crippen LogP contribution is -2.17. The van der Waals surface area contributed by atoms with Crippen molar-refractivity contribution in [3.8, 4) is 0 Å². The van der Waals surface area contributed by atoms with E-state index in [2.05, 4.69) is 42.7 Å². The summed E-state index contributed by atoms with van der Waals surface area (Å²) in [5.41, 5.74) is 5.36. The Bertz CT molecular complexity index is 630. The van der Waals surface area contributed by atoms with Crippen LogP contribution in [0.5, 0.6) is 0 Å². The maximum absolute atomic E-state index is 11.6. The van der Waals surface area contributed by atoms with Gasteiger partial charge in [0.2, 0.25) is 5.91 Å². The van der Waals surface area contributed by atoms with Crippen LogP contribution in [-0.4, -0.2) is 5.91 Å². The summed E-state index contributed by atoms with van der Waals surface area (Å²) < 4.78 is 0. The van der Waals surface area contributed by atoms with E-state index in [9.17, 15) is 4.79 Å². The van der Waals surface area contributed by atoms with E-state index in [-0.39, 0.29) is 11.8 Å².